The first-order valence-electron chi connectivity index (χ1n) is 13.1. The second-order valence-corrected chi connectivity index (χ2v) is 9.94. The number of halogens is 1. The first-order chi connectivity index (χ1) is 19.0. The monoisotopic (exact) mass is 529 g/mol. The van der Waals surface area contributed by atoms with Crippen molar-refractivity contribution >= 4 is 35.1 Å². The van der Waals surface area contributed by atoms with Gasteiger partial charge in [0.1, 0.15) is 11.6 Å². The van der Waals surface area contributed by atoms with Gasteiger partial charge in [-0.1, -0.05) is 36.4 Å². The Labute approximate surface area is 227 Å². The quantitative estimate of drug-likeness (QED) is 0.311. The molecule has 202 valence electrons. The van der Waals surface area contributed by atoms with Crippen LogP contribution in [0, 0.1) is 11.7 Å². The normalized spacial score (nSPS) is 20.2. The van der Waals surface area contributed by atoms with Crippen molar-refractivity contribution in [2.24, 2.45) is 5.92 Å². The maximum atomic E-state index is 13.4. The number of para-hydroxylation sites is 2. The van der Waals surface area contributed by atoms with Crippen molar-refractivity contribution in [3.8, 4) is 0 Å². The average molecular weight is 530 g/mol. The van der Waals surface area contributed by atoms with Gasteiger partial charge in [0.05, 0.1) is 23.5 Å². The van der Waals surface area contributed by atoms with E-state index in [1.807, 2.05) is 36.4 Å². The number of amides is 2. The fourth-order valence-corrected chi connectivity index (χ4v) is 5.27. The highest BCUT2D eigenvalue weighted by atomic mass is 19.1. The smallest absolute Gasteiger partial charge is 0.248 e. The summed E-state index contributed by atoms with van der Waals surface area (Å²) < 4.78 is 18.8. The van der Waals surface area contributed by atoms with Gasteiger partial charge in [-0.15, -0.1) is 0 Å². The standard InChI is InChI=1S/C30H32FN5O3/c31-22-10-11-28(33-17-22)35-30(38)25-19-36(23-13-15-39-16-14-23)18-24(25)21-8-5-20(6-9-21)7-12-29(37)34-27-4-2-1-3-26(27)32/h1-12,17,23-25H,13-16,18-19,32H2,(H,34,37)(H,33,35,38). The van der Waals surface area contributed by atoms with Gasteiger partial charge in [-0.25, -0.2) is 9.37 Å². The van der Waals surface area contributed by atoms with Crippen molar-refractivity contribution in [3.63, 3.8) is 0 Å². The van der Waals surface area contributed by atoms with Crippen molar-refractivity contribution < 1.29 is 18.7 Å². The lowest BCUT2D eigenvalue weighted by atomic mass is 9.88. The molecule has 2 unspecified atom stereocenters. The third-order valence-corrected chi connectivity index (χ3v) is 7.38. The van der Waals surface area contributed by atoms with E-state index in [4.69, 9.17) is 10.5 Å². The molecule has 8 nitrogen and oxygen atoms in total. The molecule has 2 aromatic carbocycles. The van der Waals surface area contributed by atoms with Gasteiger partial charge < -0.3 is 21.1 Å². The minimum absolute atomic E-state index is 0.0179. The third kappa shape index (κ3) is 6.68. The summed E-state index contributed by atoms with van der Waals surface area (Å²) >= 11 is 0. The number of nitrogens with one attached hydrogen (secondary N) is 2. The van der Waals surface area contributed by atoms with E-state index >= 15 is 0 Å². The number of benzene rings is 2. The summed E-state index contributed by atoms with van der Waals surface area (Å²) in [5, 5.41) is 5.65. The fraction of sp³-hybridized carbons (Fsp3) is 0.300. The van der Waals surface area contributed by atoms with Crippen LogP contribution in [-0.4, -0.2) is 54.0 Å². The molecule has 0 spiro atoms. The zero-order chi connectivity index (χ0) is 27.2. The van der Waals surface area contributed by atoms with Crippen molar-refractivity contribution in [2.75, 3.05) is 42.7 Å². The zero-order valence-corrected chi connectivity index (χ0v) is 21.6. The van der Waals surface area contributed by atoms with Gasteiger partial charge in [0.2, 0.25) is 11.8 Å². The number of anilines is 3. The second-order valence-electron chi connectivity index (χ2n) is 9.94. The molecule has 0 saturated carbocycles. The first kappa shape index (κ1) is 26.5. The van der Waals surface area contributed by atoms with Gasteiger partial charge in [0.15, 0.2) is 0 Å². The predicted octanol–water partition coefficient (Wildman–Crippen LogP) is 4.29. The van der Waals surface area contributed by atoms with Gasteiger partial charge in [-0.3, -0.25) is 14.5 Å². The van der Waals surface area contributed by atoms with Gasteiger partial charge in [0, 0.05) is 44.3 Å². The van der Waals surface area contributed by atoms with Crippen LogP contribution >= 0.6 is 0 Å². The van der Waals surface area contributed by atoms with Crippen molar-refractivity contribution in [3.05, 3.63) is 89.9 Å². The molecule has 3 heterocycles. The molecule has 2 saturated heterocycles. The summed E-state index contributed by atoms with van der Waals surface area (Å²) in [5.41, 5.74) is 8.88. The number of hydrogen-bond donors (Lipinski definition) is 3. The zero-order valence-electron chi connectivity index (χ0n) is 21.6. The lowest BCUT2D eigenvalue weighted by Gasteiger charge is -2.31. The molecular formula is C30H32FN5O3. The Kier molecular flexibility index (Phi) is 8.29. The summed E-state index contributed by atoms with van der Waals surface area (Å²) in [6.07, 6.45) is 6.20. The van der Waals surface area contributed by atoms with Gasteiger partial charge >= 0.3 is 0 Å². The van der Waals surface area contributed by atoms with Crippen LogP contribution in [0.25, 0.3) is 6.08 Å². The highest BCUT2D eigenvalue weighted by molar-refractivity contribution is 6.03. The number of hydrogen-bond acceptors (Lipinski definition) is 6. The topological polar surface area (TPSA) is 110 Å². The fourth-order valence-electron chi connectivity index (χ4n) is 5.27. The Balaban J connectivity index is 1.29. The van der Waals surface area contributed by atoms with Gasteiger partial charge in [0.25, 0.3) is 0 Å². The third-order valence-electron chi connectivity index (χ3n) is 7.38. The largest absolute Gasteiger partial charge is 0.397 e. The molecule has 0 bridgehead atoms. The van der Waals surface area contributed by atoms with Crippen LogP contribution in [-0.2, 0) is 14.3 Å². The van der Waals surface area contributed by atoms with Crippen LogP contribution < -0.4 is 16.4 Å². The van der Waals surface area contributed by atoms with Crippen molar-refractivity contribution in [2.45, 2.75) is 24.8 Å². The maximum Gasteiger partial charge on any atom is 0.248 e. The summed E-state index contributed by atoms with van der Waals surface area (Å²) in [7, 11) is 0. The molecule has 39 heavy (non-hydrogen) atoms. The summed E-state index contributed by atoms with van der Waals surface area (Å²) in [6, 6.07) is 18.2. The molecule has 2 fully saturated rings. The van der Waals surface area contributed by atoms with Crippen LogP contribution in [0.15, 0.2) is 72.9 Å². The van der Waals surface area contributed by atoms with E-state index in [1.54, 1.807) is 18.2 Å². The number of nitrogens with two attached hydrogens (primary N) is 1. The Bertz CT molecular complexity index is 1320. The number of carbonyl (C=O) groups is 2. The number of nitrogens with zero attached hydrogens (tertiary/aromatic N) is 2. The first-order valence-corrected chi connectivity index (χ1v) is 13.1. The SMILES string of the molecule is Nc1ccccc1NC(=O)C=Cc1ccc(C2CN(C3CCOCC3)CC2C(=O)Nc2ccc(F)cn2)cc1. The van der Waals surface area contributed by atoms with E-state index in [9.17, 15) is 14.0 Å². The van der Waals surface area contributed by atoms with E-state index < -0.39 is 5.82 Å². The molecule has 9 heteroatoms. The number of rotatable bonds is 7. The summed E-state index contributed by atoms with van der Waals surface area (Å²) in [4.78, 5) is 32.1. The van der Waals surface area contributed by atoms with Crippen molar-refractivity contribution in [1.29, 1.82) is 0 Å². The van der Waals surface area contributed by atoms with Crippen LogP contribution in [0.3, 0.4) is 0 Å². The maximum absolute atomic E-state index is 13.4. The van der Waals surface area contributed by atoms with E-state index in [0.717, 1.165) is 49.9 Å². The van der Waals surface area contributed by atoms with E-state index in [2.05, 4.69) is 20.5 Å². The van der Waals surface area contributed by atoms with E-state index in [0.29, 0.717) is 29.8 Å². The Morgan fingerprint density at radius 3 is 2.49 bits per heavy atom. The Morgan fingerprint density at radius 1 is 1.00 bits per heavy atom. The molecule has 2 aliphatic rings. The molecule has 0 radical (unpaired) electrons. The van der Waals surface area contributed by atoms with Crippen LogP contribution in [0.1, 0.15) is 29.9 Å². The number of pyridine rings is 1. The van der Waals surface area contributed by atoms with Gasteiger partial charge in [-0.05, 0) is 54.3 Å². The van der Waals surface area contributed by atoms with Gasteiger partial charge in [-0.2, -0.15) is 0 Å². The minimum atomic E-state index is -0.451. The molecule has 2 aliphatic heterocycles. The number of carbonyl (C=O) groups excluding carboxylic acids is 2. The average Bonchev–Trinajstić information content (AvgIpc) is 3.41. The molecule has 3 aromatic rings. The van der Waals surface area contributed by atoms with Crippen LogP contribution in [0.5, 0.6) is 0 Å². The Hall–Kier alpha value is -4.08. The Morgan fingerprint density at radius 2 is 1.77 bits per heavy atom. The molecule has 0 aliphatic carbocycles. The lowest BCUT2D eigenvalue weighted by Crippen LogP contribution is -2.38. The van der Waals surface area contributed by atoms with E-state index in [-0.39, 0.29) is 23.7 Å². The summed E-state index contributed by atoms with van der Waals surface area (Å²) in [5.74, 6) is -0.826. The molecule has 4 N–H and O–H groups in total. The summed E-state index contributed by atoms with van der Waals surface area (Å²) in [6.45, 7) is 2.85. The predicted molar refractivity (Wildman–Crippen MR) is 149 cm³/mol. The van der Waals surface area contributed by atoms with Crippen LogP contribution in [0.4, 0.5) is 21.6 Å². The second kappa shape index (κ2) is 12.2. The number of likely N-dealkylation sites (tertiary alicyclic amines) is 1. The molecule has 2 amide bonds. The number of nitrogen functional groups attached to an aromatic ring is 1. The number of ether oxygens (including phenoxy) is 1. The lowest BCUT2D eigenvalue weighted by molar-refractivity contribution is -0.120. The molecule has 5 rings (SSSR count). The molecule has 1 aromatic heterocycles. The minimum Gasteiger partial charge on any atom is -0.397 e. The molecule has 2 atom stereocenters. The molecular weight excluding hydrogens is 497 g/mol. The number of aromatic nitrogens is 1. The highest BCUT2D eigenvalue weighted by Gasteiger charge is 2.41. The van der Waals surface area contributed by atoms with E-state index in [1.165, 1.54) is 18.2 Å². The van der Waals surface area contributed by atoms with Crippen LogP contribution in [0.2, 0.25) is 0 Å². The van der Waals surface area contributed by atoms with Crippen molar-refractivity contribution in [1.82, 2.24) is 9.88 Å². The highest BCUT2D eigenvalue weighted by Crippen LogP contribution is 2.36.